The summed E-state index contributed by atoms with van der Waals surface area (Å²) < 4.78 is 5.54. The highest BCUT2D eigenvalue weighted by Crippen LogP contribution is 2.23. The summed E-state index contributed by atoms with van der Waals surface area (Å²) in [5, 5.41) is 4.06. The Morgan fingerprint density at radius 2 is 2.10 bits per heavy atom. The Labute approximate surface area is 125 Å². The molecule has 1 fully saturated rings. The minimum atomic E-state index is 0.0236. The second-order valence-electron chi connectivity index (χ2n) is 5.21. The molecule has 4 heteroatoms. The first kappa shape index (κ1) is 15.3. The van der Waals surface area contributed by atoms with Crippen LogP contribution in [0.25, 0.3) is 0 Å². The van der Waals surface area contributed by atoms with E-state index in [1.165, 1.54) is 6.42 Å². The molecule has 0 heterocycles. The summed E-state index contributed by atoms with van der Waals surface area (Å²) in [7, 11) is 0. The zero-order valence-electron chi connectivity index (χ0n) is 12.3. The number of ether oxygens (including phenoxy) is 1. The van der Waals surface area contributed by atoms with Gasteiger partial charge in [-0.1, -0.05) is 44.1 Å². The molecule has 1 aromatic carbocycles. The molecule has 0 atom stereocenters. The van der Waals surface area contributed by atoms with Crippen molar-refractivity contribution in [2.24, 2.45) is 11.0 Å². The molecule has 112 valence electrons. The second-order valence-corrected chi connectivity index (χ2v) is 5.21. The maximum atomic E-state index is 12.0. The van der Waals surface area contributed by atoms with E-state index in [1.807, 2.05) is 24.3 Å². The highest BCUT2D eigenvalue weighted by atomic mass is 16.5. The molecule has 2 rings (SSSR count). The number of nitrogens with zero attached hydrogens (tertiary/aromatic N) is 1. The van der Waals surface area contributed by atoms with Gasteiger partial charge in [-0.3, -0.25) is 4.79 Å². The molecule has 0 radical (unpaired) electrons. The fraction of sp³-hybridized carbons (Fsp3) is 0.412. The van der Waals surface area contributed by atoms with Crippen molar-refractivity contribution in [1.82, 2.24) is 5.43 Å². The third-order valence-electron chi connectivity index (χ3n) is 3.63. The lowest BCUT2D eigenvalue weighted by Crippen LogP contribution is -2.28. The topological polar surface area (TPSA) is 50.7 Å². The monoisotopic (exact) mass is 286 g/mol. The standard InChI is InChI=1S/C17H22N2O2/c1-2-12-21-16-11-7-6-10-15(16)13-18-19-17(20)14-8-4-3-5-9-14/h2,6-7,10-11,13-14H,1,3-5,8-9,12H2,(H,19,20)/b18-13+. The first-order valence-corrected chi connectivity index (χ1v) is 7.47. The smallest absolute Gasteiger partial charge is 0.243 e. The zero-order chi connectivity index (χ0) is 14.9. The molecule has 1 saturated carbocycles. The van der Waals surface area contributed by atoms with Crippen molar-refractivity contribution in [3.63, 3.8) is 0 Å². The van der Waals surface area contributed by atoms with Crippen LogP contribution in [-0.2, 0) is 4.79 Å². The van der Waals surface area contributed by atoms with Crippen molar-refractivity contribution in [2.75, 3.05) is 6.61 Å². The van der Waals surface area contributed by atoms with Gasteiger partial charge in [0.1, 0.15) is 12.4 Å². The molecule has 1 aliphatic carbocycles. The van der Waals surface area contributed by atoms with Crippen molar-refractivity contribution < 1.29 is 9.53 Å². The summed E-state index contributed by atoms with van der Waals surface area (Å²) in [6, 6.07) is 7.57. The summed E-state index contributed by atoms with van der Waals surface area (Å²) in [6.45, 7) is 4.07. The van der Waals surface area contributed by atoms with E-state index >= 15 is 0 Å². The first-order chi connectivity index (χ1) is 10.3. The van der Waals surface area contributed by atoms with Gasteiger partial charge in [0.25, 0.3) is 0 Å². The van der Waals surface area contributed by atoms with E-state index in [4.69, 9.17) is 4.74 Å². The lowest BCUT2D eigenvalue weighted by atomic mass is 9.89. The molecule has 1 aromatic rings. The molecule has 0 spiro atoms. The molecule has 0 aliphatic heterocycles. The van der Waals surface area contributed by atoms with Gasteiger partial charge in [0.2, 0.25) is 5.91 Å². The van der Waals surface area contributed by atoms with Gasteiger partial charge in [-0.2, -0.15) is 5.10 Å². The Morgan fingerprint density at radius 3 is 2.86 bits per heavy atom. The van der Waals surface area contributed by atoms with Gasteiger partial charge in [0.15, 0.2) is 0 Å². The van der Waals surface area contributed by atoms with Crippen molar-refractivity contribution in [2.45, 2.75) is 32.1 Å². The largest absolute Gasteiger partial charge is 0.489 e. The average molecular weight is 286 g/mol. The predicted octanol–water partition coefficient (Wildman–Crippen LogP) is 3.28. The van der Waals surface area contributed by atoms with Crippen LogP contribution in [0, 0.1) is 5.92 Å². The minimum Gasteiger partial charge on any atom is -0.489 e. The van der Waals surface area contributed by atoms with E-state index in [0.29, 0.717) is 6.61 Å². The van der Waals surface area contributed by atoms with E-state index < -0.39 is 0 Å². The molecular weight excluding hydrogens is 264 g/mol. The average Bonchev–Trinajstić information content (AvgIpc) is 2.54. The maximum Gasteiger partial charge on any atom is 0.243 e. The molecule has 1 N–H and O–H groups in total. The zero-order valence-corrected chi connectivity index (χ0v) is 12.3. The number of para-hydroxylation sites is 1. The van der Waals surface area contributed by atoms with Gasteiger partial charge in [0.05, 0.1) is 6.21 Å². The van der Waals surface area contributed by atoms with E-state index in [0.717, 1.165) is 37.0 Å². The van der Waals surface area contributed by atoms with E-state index in [2.05, 4.69) is 17.1 Å². The maximum absolute atomic E-state index is 12.0. The van der Waals surface area contributed by atoms with Crippen molar-refractivity contribution in [1.29, 1.82) is 0 Å². The van der Waals surface area contributed by atoms with Crippen molar-refractivity contribution in [3.05, 3.63) is 42.5 Å². The molecule has 1 amide bonds. The van der Waals surface area contributed by atoms with E-state index in [-0.39, 0.29) is 11.8 Å². The van der Waals surface area contributed by atoms with Crippen LogP contribution < -0.4 is 10.2 Å². The number of hydrogen-bond acceptors (Lipinski definition) is 3. The lowest BCUT2D eigenvalue weighted by Gasteiger charge is -2.19. The van der Waals surface area contributed by atoms with Gasteiger partial charge < -0.3 is 4.74 Å². The number of benzene rings is 1. The quantitative estimate of drug-likeness (QED) is 0.495. The Balaban J connectivity index is 1.91. The van der Waals surface area contributed by atoms with Crippen molar-refractivity contribution >= 4 is 12.1 Å². The molecule has 0 aromatic heterocycles. The summed E-state index contributed by atoms with van der Waals surface area (Å²) >= 11 is 0. The van der Waals surface area contributed by atoms with Crippen molar-refractivity contribution in [3.8, 4) is 5.75 Å². The summed E-state index contributed by atoms with van der Waals surface area (Å²) in [5.74, 6) is 0.867. The Bertz CT molecular complexity index is 505. The van der Waals surface area contributed by atoms with Crippen LogP contribution >= 0.6 is 0 Å². The number of hydrazone groups is 1. The third-order valence-corrected chi connectivity index (χ3v) is 3.63. The highest BCUT2D eigenvalue weighted by molar-refractivity contribution is 5.85. The van der Waals surface area contributed by atoms with E-state index in [1.54, 1.807) is 12.3 Å². The predicted molar refractivity (Wildman–Crippen MR) is 84.4 cm³/mol. The Kier molecular flexibility index (Phi) is 6.00. The fourth-order valence-electron chi connectivity index (χ4n) is 2.49. The number of carbonyl (C=O) groups is 1. The van der Waals surface area contributed by atoms with Crippen LogP contribution in [-0.4, -0.2) is 18.7 Å². The summed E-state index contributed by atoms with van der Waals surface area (Å²) in [4.78, 5) is 12.0. The SMILES string of the molecule is C=CCOc1ccccc1/C=N/NC(=O)C1CCCCC1. The molecule has 1 aliphatic rings. The number of rotatable bonds is 6. The van der Waals surface area contributed by atoms with Crippen LogP contribution in [0.4, 0.5) is 0 Å². The normalized spacial score (nSPS) is 15.8. The number of amides is 1. The first-order valence-electron chi connectivity index (χ1n) is 7.47. The molecule has 4 nitrogen and oxygen atoms in total. The summed E-state index contributed by atoms with van der Waals surface area (Å²) in [6.07, 6.45) is 8.78. The van der Waals surface area contributed by atoms with Gasteiger partial charge in [-0.15, -0.1) is 0 Å². The van der Waals surface area contributed by atoms with Gasteiger partial charge in [-0.05, 0) is 25.0 Å². The number of carbonyl (C=O) groups excluding carboxylic acids is 1. The molecular formula is C17H22N2O2. The Hall–Kier alpha value is -2.10. The highest BCUT2D eigenvalue weighted by Gasteiger charge is 2.20. The van der Waals surface area contributed by atoms with Gasteiger partial charge in [0, 0.05) is 11.5 Å². The molecule has 0 bridgehead atoms. The molecule has 0 unspecified atom stereocenters. The Morgan fingerprint density at radius 1 is 1.33 bits per heavy atom. The van der Waals surface area contributed by atoms with Gasteiger partial charge >= 0.3 is 0 Å². The van der Waals surface area contributed by atoms with Crippen LogP contribution in [0.2, 0.25) is 0 Å². The van der Waals surface area contributed by atoms with E-state index in [9.17, 15) is 4.79 Å². The fourth-order valence-corrected chi connectivity index (χ4v) is 2.49. The third kappa shape index (κ3) is 4.74. The second kappa shape index (κ2) is 8.25. The number of nitrogens with one attached hydrogen (secondary N) is 1. The molecule has 21 heavy (non-hydrogen) atoms. The molecule has 0 saturated heterocycles. The van der Waals surface area contributed by atoms with Crippen LogP contribution in [0.5, 0.6) is 5.75 Å². The lowest BCUT2D eigenvalue weighted by molar-refractivity contribution is -0.125. The van der Waals surface area contributed by atoms with Crippen LogP contribution in [0.15, 0.2) is 42.0 Å². The van der Waals surface area contributed by atoms with Crippen LogP contribution in [0.3, 0.4) is 0 Å². The minimum absolute atomic E-state index is 0.0236. The van der Waals surface area contributed by atoms with Crippen LogP contribution in [0.1, 0.15) is 37.7 Å². The number of hydrogen-bond donors (Lipinski definition) is 1. The van der Waals surface area contributed by atoms with Gasteiger partial charge in [-0.25, -0.2) is 5.43 Å². The summed E-state index contributed by atoms with van der Waals surface area (Å²) in [5.41, 5.74) is 3.48.